The average Bonchev–Trinajstić information content (AvgIpc) is 2.52. The van der Waals surface area contributed by atoms with Gasteiger partial charge in [-0.2, -0.15) is 4.68 Å². The lowest BCUT2D eigenvalue weighted by atomic mass is 10.3. The molecule has 1 aromatic rings. The molecule has 1 aromatic heterocycles. The topological polar surface area (TPSA) is 99.9 Å². The van der Waals surface area contributed by atoms with Crippen LogP contribution in [-0.2, 0) is 6.54 Å². The van der Waals surface area contributed by atoms with E-state index >= 15 is 0 Å². The summed E-state index contributed by atoms with van der Waals surface area (Å²) in [6, 6.07) is 0. The molecule has 0 spiro atoms. The summed E-state index contributed by atoms with van der Waals surface area (Å²) in [7, 11) is 0. The lowest BCUT2D eigenvalue weighted by molar-refractivity contribution is -0.394. The second-order valence-corrected chi connectivity index (χ2v) is 2.45. The molecule has 1 heterocycles. The smallest absolute Gasteiger partial charge is 0.390 e. The van der Waals surface area contributed by atoms with Gasteiger partial charge in [-0.05, 0) is 10.5 Å². The van der Waals surface area contributed by atoms with E-state index in [0.29, 0.717) is 13.1 Å². The van der Waals surface area contributed by atoms with Crippen LogP contribution in [-0.4, -0.2) is 26.2 Å². The second kappa shape index (κ2) is 3.76. The van der Waals surface area contributed by atoms with E-state index in [4.69, 9.17) is 5.73 Å². The Balaban J connectivity index is 2.69. The van der Waals surface area contributed by atoms with E-state index in [1.54, 1.807) is 0 Å². The molecular weight excluding hydrogens is 174 g/mol. The maximum atomic E-state index is 10.2. The van der Waals surface area contributed by atoms with Gasteiger partial charge in [-0.3, -0.25) is 0 Å². The molecule has 7 heteroatoms. The summed E-state index contributed by atoms with van der Waals surface area (Å²) in [6.45, 7) is 4.32. The standard InChI is InChI=1S/C6H9N5O2/c1-5(2-7)3-10-4-8-6(9-10)11(12)13/h4H,1-3,7H2. The van der Waals surface area contributed by atoms with Crippen LogP contribution in [0.2, 0.25) is 0 Å². The van der Waals surface area contributed by atoms with E-state index in [2.05, 4.69) is 16.7 Å². The summed E-state index contributed by atoms with van der Waals surface area (Å²) in [5, 5.41) is 13.8. The van der Waals surface area contributed by atoms with Crippen LogP contribution in [0, 0.1) is 10.1 Å². The summed E-state index contributed by atoms with van der Waals surface area (Å²) < 4.78 is 1.33. The number of nitro groups is 1. The summed E-state index contributed by atoms with van der Waals surface area (Å²) in [5.74, 6) is -0.412. The van der Waals surface area contributed by atoms with Crippen molar-refractivity contribution in [2.24, 2.45) is 5.73 Å². The number of nitrogens with two attached hydrogens (primary N) is 1. The van der Waals surface area contributed by atoms with Gasteiger partial charge in [-0.15, -0.1) is 0 Å². The van der Waals surface area contributed by atoms with E-state index < -0.39 is 10.9 Å². The monoisotopic (exact) mass is 183 g/mol. The number of hydrogen-bond acceptors (Lipinski definition) is 5. The third-order valence-electron chi connectivity index (χ3n) is 1.36. The maximum Gasteiger partial charge on any atom is 0.490 e. The molecule has 0 bridgehead atoms. The van der Waals surface area contributed by atoms with Crippen LogP contribution < -0.4 is 5.73 Å². The first-order valence-electron chi connectivity index (χ1n) is 3.54. The lowest BCUT2D eigenvalue weighted by Crippen LogP contribution is -2.09. The largest absolute Gasteiger partial charge is 0.490 e. The third-order valence-corrected chi connectivity index (χ3v) is 1.36. The van der Waals surface area contributed by atoms with E-state index in [1.165, 1.54) is 11.0 Å². The van der Waals surface area contributed by atoms with Gasteiger partial charge in [-0.1, -0.05) is 11.6 Å². The van der Waals surface area contributed by atoms with E-state index in [9.17, 15) is 10.1 Å². The zero-order chi connectivity index (χ0) is 9.84. The third kappa shape index (κ3) is 2.34. The average molecular weight is 183 g/mol. The molecule has 0 atom stereocenters. The van der Waals surface area contributed by atoms with Crippen LogP contribution in [0.3, 0.4) is 0 Å². The molecule has 0 aliphatic heterocycles. The minimum Gasteiger partial charge on any atom is -0.390 e. The van der Waals surface area contributed by atoms with Crippen molar-refractivity contribution in [2.45, 2.75) is 6.54 Å². The first kappa shape index (κ1) is 9.33. The Labute approximate surface area is 74.0 Å². The molecule has 70 valence electrons. The van der Waals surface area contributed by atoms with Gasteiger partial charge in [0.05, 0.1) is 6.54 Å². The highest BCUT2D eigenvalue weighted by atomic mass is 16.6. The summed E-state index contributed by atoms with van der Waals surface area (Å²) in [5.41, 5.74) is 6.03. The van der Waals surface area contributed by atoms with Crippen LogP contribution in [0.4, 0.5) is 5.95 Å². The Morgan fingerprint density at radius 2 is 2.54 bits per heavy atom. The number of aromatic nitrogens is 3. The first-order valence-corrected chi connectivity index (χ1v) is 3.54. The van der Waals surface area contributed by atoms with Crippen molar-refractivity contribution in [1.82, 2.24) is 14.8 Å². The molecule has 0 fully saturated rings. The van der Waals surface area contributed by atoms with Gasteiger partial charge in [0.1, 0.15) is 0 Å². The fourth-order valence-electron chi connectivity index (χ4n) is 0.738. The van der Waals surface area contributed by atoms with E-state index in [0.717, 1.165) is 5.57 Å². The Kier molecular flexibility index (Phi) is 2.70. The molecule has 0 unspecified atom stereocenters. The second-order valence-electron chi connectivity index (χ2n) is 2.45. The van der Waals surface area contributed by atoms with Gasteiger partial charge in [-0.25, -0.2) is 0 Å². The van der Waals surface area contributed by atoms with Gasteiger partial charge in [0.15, 0.2) is 0 Å². The minimum absolute atomic E-state index is 0.327. The molecule has 0 saturated heterocycles. The quantitative estimate of drug-likeness (QED) is 0.392. The van der Waals surface area contributed by atoms with Crippen LogP contribution >= 0.6 is 0 Å². The molecule has 0 aromatic carbocycles. The van der Waals surface area contributed by atoms with Crippen molar-refractivity contribution in [1.29, 1.82) is 0 Å². The van der Waals surface area contributed by atoms with Crippen molar-refractivity contribution in [3.63, 3.8) is 0 Å². The molecular formula is C6H9N5O2. The Morgan fingerprint density at radius 3 is 3.00 bits per heavy atom. The Hall–Kier alpha value is -1.76. The van der Waals surface area contributed by atoms with Crippen LogP contribution in [0.1, 0.15) is 0 Å². The van der Waals surface area contributed by atoms with Crippen LogP contribution in [0.15, 0.2) is 18.5 Å². The summed E-state index contributed by atoms with van der Waals surface area (Å²) in [4.78, 5) is 13.0. The molecule has 2 N–H and O–H groups in total. The molecule has 1 rings (SSSR count). The van der Waals surface area contributed by atoms with Gasteiger partial charge in [0, 0.05) is 11.6 Å². The molecule has 0 aliphatic rings. The highest BCUT2D eigenvalue weighted by molar-refractivity contribution is 5.00. The van der Waals surface area contributed by atoms with Gasteiger partial charge in [0.2, 0.25) is 6.33 Å². The van der Waals surface area contributed by atoms with Crippen molar-refractivity contribution in [3.8, 4) is 0 Å². The Bertz CT molecular complexity index is 332. The SMILES string of the molecule is C=C(CN)Cn1cnc([N+](=O)[O-])n1. The van der Waals surface area contributed by atoms with E-state index in [-0.39, 0.29) is 0 Å². The molecule has 0 aliphatic carbocycles. The maximum absolute atomic E-state index is 10.2. The number of hydrogen-bond donors (Lipinski definition) is 1. The molecule has 0 radical (unpaired) electrons. The summed E-state index contributed by atoms with van der Waals surface area (Å²) in [6.07, 6.45) is 1.28. The normalized spacial score (nSPS) is 9.92. The lowest BCUT2D eigenvalue weighted by Gasteiger charge is -1.96. The van der Waals surface area contributed by atoms with Crippen molar-refractivity contribution in [3.05, 3.63) is 28.6 Å². The van der Waals surface area contributed by atoms with Crippen LogP contribution in [0.25, 0.3) is 0 Å². The van der Waals surface area contributed by atoms with Crippen molar-refractivity contribution >= 4 is 5.95 Å². The molecule has 7 nitrogen and oxygen atoms in total. The number of rotatable bonds is 4. The zero-order valence-corrected chi connectivity index (χ0v) is 6.88. The molecule has 0 saturated carbocycles. The highest BCUT2D eigenvalue weighted by Gasteiger charge is 2.12. The van der Waals surface area contributed by atoms with Crippen molar-refractivity contribution in [2.75, 3.05) is 6.54 Å². The fraction of sp³-hybridized carbons (Fsp3) is 0.333. The highest BCUT2D eigenvalue weighted by Crippen LogP contribution is 2.01. The zero-order valence-electron chi connectivity index (χ0n) is 6.88. The predicted octanol–water partition coefficient (Wildman–Crippen LogP) is -0.299. The fourth-order valence-corrected chi connectivity index (χ4v) is 0.738. The summed E-state index contributed by atoms with van der Waals surface area (Å²) >= 11 is 0. The predicted molar refractivity (Wildman–Crippen MR) is 44.9 cm³/mol. The van der Waals surface area contributed by atoms with Crippen molar-refractivity contribution < 1.29 is 4.92 Å². The molecule has 0 amide bonds. The van der Waals surface area contributed by atoms with E-state index in [1.807, 2.05) is 0 Å². The van der Waals surface area contributed by atoms with Gasteiger partial charge < -0.3 is 15.8 Å². The van der Waals surface area contributed by atoms with Gasteiger partial charge >= 0.3 is 5.95 Å². The number of nitrogens with zero attached hydrogens (tertiary/aromatic N) is 4. The van der Waals surface area contributed by atoms with Crippen LogP contribution in [0.5, 0.6) is 0 Å². The van der Waals surface area contributed by atoms with Gasteiger partial charge in [0.25, 0.3) is 0 Å². The Morgan fingerprint density at radius 1 is 1.85 bits per heavy atom. The first-order chi connectivity index (χ1) is 6.13. The minimum atomic E-state index is -0.651. The molecule has 13 heavy (non-hydrogen) atoms.